The summed E-state index contributed by atoms with van der Waals surface area (Å²) in [5, 5.41) is 11.8. The van der Waals surface area contributed by atoms with Crippen LogP contribution in [-0.4, -0.2) is 20.1 Å². The average Bonchev–Trinajstić information content (AvgIpc) is 2.62. The van der Waals surface area contributed by atoms with Gasteiger partial charge in [0.05, 0.1) is 18.7 Å². The van der Waals surface area contributed by atoms with E-state index in [2.05, 4.69) is 21.2 Å². The lowest BCUT2D eigenvalue weighted by Gasteiger charge is -2.10. The number of carbonyl (C=O) groups is 1. The second kappa shape index (κ2) is 8.31. The highest BCUT2D eigenvalue weighted by Gasteiger charge is 2.12. The molecule has 0 aliphatic rings. The first-order valence-corrected chi connectivity index (χ1v) is 7.88. The highest BCUT2D eigenvalue weighted by Crippen LogP contribution is 2.30. The third-order valence-electron chi connectivity index (χ3n) is 3.26. The van der Waals surface area contributed by atoms with Crippen molar-refractivity contribution in [1.82, 2.24) is 0 Å². The van der Waals surface area contributed by atoms with Crippen molar-refractivity contribution >= 4 is 33.6 Å². The van der Waals surface area contributed by atoms with Crippen molar-refractivity contribution < 1.29 is 18.7 Å². The molecule has 0 atom stereocenters. The molecule has 5 nitrogen and oxygen atoms in total. The van der Waals surface area contributed by atoms with Crippen LogP contribution >= 0.6 is 15.9 Å². The van der Waals surface area contributed by atoms with Crippen LogP contribution in [0.2, 0.25) is 0 Å². The number of amides is 1. The van der Waals surface area contributed by atoms with Crippen LogP contribution in [0.4, 0.5) is 10.1 Å². The zero-order chi connectivity index (χ0) is 18.4. The number of halogens is 2. The Morgan fingerprint density at radius 1 is 1.20 bits per heavy atom. The number of nitrogens with one attached hydrogen (secondary N) is 1. The van der Waals surface area contributed by atoms with Crippen molar-refractivity contribution in [1.29, 1.82) is 5.26 Å². The molecule has 7 heteroatoms. The lowest BCUT2D eigenvalue weighted by atomic mass is 10.1. The summed E-state index contributed by atoms with van der Waals surface area (Å²) in [6, 6.07) is 10.9. The highest BCUT2D eigenvalue weighted by atomic mass is 79.9. The first-order chi connectivity index (χ1) is 12.0. The molecule has 2 aromatic rings. The van der Waals surface area contributed by atoms with Gasteiger partial charge in [-0.1, -0.05) is 6.07 Å². The number of rotatable bonds is 5. The summed E-state index contributed by atoms with van der Waals surface area (Å²) in [6.07, 6.45) is 1.38. The van der Waals surface area contributed by atoms with E-state index >= 15 is 0 Å². The fourth-order valence-electron chi connectivity index (χ4n) is 2.03. The minimum atomic E-state index is -0.588. The van der Waals surface area contributed by atoms with Gasteiger partial charge < -0.3 is 14.8 Å². The Hall–Kier alpha value is -2.85. The van der Waals surface area contributed by atoms with Crippen LogP contribution in [0.15, 0.2) is 46.4 Å². The number of methoxy groups -OCH3 is 2. The SMILES string of the molecule is COc1ccc(NC(=O)/C(C#N)=C/c2ccc(F)c(Br)c2)cc1OC. The van der Waals surface area contributed by atoms with Gasteiger partial charge in [-0.25, -0.2) is 4.39 Å². The third-order valence-corrected chi connectivity index (χ3v) is 3.87. The van der Waals surface area contributed by atoms with Gasteiger partial charge >= 0.3 is 0 Å². The Kier molecular flexibility index (Phi) is 6.14. The Balaban J connectivity index is 2.24. The summed E-state index contributed by atoms with van der Waals surface area (Å²) in [7, 11) is 2.99. The van der Waals surface area contributed by atoms with Crippen LogP contribution < -0.4 is 14.8 Å². The predicted octanol–water partition coefficient (Wildman–Crippen LogP) is 4.15. The summed E-state index contributed by atoms with van der Waals surface area (Å²) in [4.78, 5) is 12.3. The molecule has 0 aliphatic carbocycles. The van der Waals surface area contributed by atoms with Crippen LogP contribution in [-0.2, 0) is 4.79 Å². The molecule has 128 valence electrons. The topological polar surface area (TPSA) is 71.3 Å². The van der Waals surface area contributed by atoms with Gasteiger partial charge in [0.2, 0.25) is 0 Å². The molecule has 25 heavy (non-hydrogen) atoms. The molecule has 0 unspecified atom stereocenters. The number of anilines is 1. The van der Waals surface area contributed by atoms with Crippen molar-refractivity contribution in [3.05, 3.63) is 57.8 Å². The van der Waals surface area contributed by atoms with Gasteiger partial charge in [-0.05, 0) is 51.8 Å². The van der Waals surface area contributed by atoms with Crippen molar-refractivity contribution in [2.24, 2.45) is 0 Å². The maximum absolute atomic E-state index is 13.3. The lowest BCUT2D eigenvalue weighted by Crippen LogP contribution is -2.13. The van der Waals surface area contributed by atoms with E-state index in [4.69, 9.17) is 9.47 Å². The first kappa shape index (κ1) is 18.5. The third kappa shape index (κ3) is 4.58. The van der Waals surface area contributed by atoms with Crippen LogP contribution in [0.1, 0.15) is 5.56 Å². The van der Waals surface area contributed by atoms with Crippen molar-refractivity contribution in [3.8, 4) is 17.6 Å². The van der Waals surface area contributed by atoms with E-state index in [0.717, 1.165) is 0 Å². The highest BCUT2D eigenvalue weighted by molar-refractivity contribution is 9.10. The van der Waals surface area contributed by atoms with E-state index < -0.39 is 11.7 Å². The molecule has 0 fully saturated rings. The summed E-state index contributed by atoms with van der Waals surface area (Å²) < 4.78 is 23.8. The number of carbonyl (C=O) groups excluding carboxylic acids is 1. The molecule has 0 spiro atoms. The maximum atomic E-state index is 13.3. The maximum Gasteiger partial charge on any atom is 0.266 e. The van der Waals surface area contributed by atoms with Crippen molar-refractivity contribution in [2.45, 2.75) is 0 Å². The molecule has 0 saturated carbocycles. The fraction of sp³-hybridized carbons (Fsp3) is 0.111. The first-order valence-electron chi connectivity index (χ1n) is 7.08. The van der Waals surface area contributed by atoms with Crippen LogP contribution in [0.3, 0.4) is 0 Å². The molecule has 0 radical (unpaired) electrons. The Morgan fingerprint density at radius 2 is 1.92 bits per heavy atom. The second-order valence-corrected chi connectivity index (χ2v) is 5.72. The molecular weight excluding hydrogens is 391 g/mol. The molecule has 0 heterocycles. The zero-order valence-corrected chi connectivity index (χ0v) is 15.1. The van der Waals surface area contributed by atoms with Gasteiger partial charge in [-0.15, -0.1) is 0 Å². The minimum Gasteiger partial charge on any atom is -0.493 e. The van der Waals surface area contributed by atoms with E-state index in [1.807, 2.05) is 6.07 Å². The van der Waals surface area contributed by atoms with E-state index in [1.54, 1.807) is 18.2 Å². The number of benzene rings is 2. The smallest absolute Gasteiger partial charge is 0.266 e. The molecule has 0 saturated heterocycles. The van der Waals surface area contributed by atoms with E-state index in [0.29, 0.717) is 22.7 Å². The fourth-order valence-corrected chi connectivity index (χ4v) is 2.43. The average molecular weight is 405 g/mol. The molecule has 1 amide bonds. The second-order valence-electron chi connectivity index (χ2n) is 4.87. The Morgan fingerprint density at radius 3 is 2.52 bits per heavy atom. The number of ether oxygens (including phenoxy) is 2. The minimum absolute atomic E-state index is 0.117. The Bertz CT molecular complexity index is 875. The summed E-state index contributed by atoms with van der Waals surface area (Å²) >= 11 is 3.06. The molecule has 0 aliphatic heterocycles. The van der Waals surface area contributed by atoms with Gasteiger partial charge in [-0.3, -0.25) is 4.79 Å². The number of nitrogens with zero attached hydrogens (tertiary/aromatic N) is 1. The zero-order valence-electron chi connectivity index (χ0n) is 13.5. The summed E-state index contributed by atoms with van der Waals surface area (Å²) in [6.45, 7) is 0. The Labute approximate surface area is 152 Å². The molecule has 1 N–H and O–H groups in total. The molecule has 0 bridgehead atoms. The molecular formula is C18H14BrFN2O3. The molecule has 2 rings (SSSR count). The van der Waals surface area contributed by atoms with Gasteiger partial charge in [0.15, 0.2) is 11.5 Å². The van der Waals surface area contributed by atoms with E-state index in [-0.39, 0.29) is 10.0 Å². The van der Waals surface area contributed by atoms with Crippen LogP contribution in [0.5, 0.6) is 11.5 Å². The van der Waals surface area contributed by atoms with Crippen molar-refractivity contribution in [3.63, 3.8) is 0 Å². The predicted molar refractivity (Wildman–Crippen MR) is 95.9 cm³/mol. The normalized spacial score (nSPS) is 10.8. The van der Waals surface area contributed by atoms with Gasteiger partial charge in [0.1, 0.15) is 17.5 Å². The number of nitriles is 1. The standard InChI is InChI=1S/C18H14BrFN2O3/c1-24-16-6-4-13(9-17(16)25-2)22-18(23)12(10-21)7-11-3-5-15(20)14(19)8-11/h3-9H,1-2H3,(H,22,23)/b12-7+. The summed E-state index contributed by atoms with van der Waals surface area (Å²) in [5.74, 6) is -0.0430. The lowest BCUT2D eigenvalue weighted by molar-refractivity contribution is -0.112. The summed E-state index contributed by atoms with van der Waals surface area (Å²) in [5.41, 5.74) is 0.852. The van der Waals surface area contributed by atoms with Crippen LogP contribution in [0, 0.1) is 17.1 Å². The van der Waals surface area contributed by atoms with Gasteiger partial charge in [0.25, 0.3) is 5.91 Å². The van der Waals surface area contributed by atoms with E-state index in [1.165, 1.54) is 38.5 Å². The monoisotopic (exact) mass is 404 g/mol. The number of hydrogen-bond donors (Lipinski definition) is 1. The number of hydrogen-bond acceptors (Lipinski definition) is 4. The van der Waals surface area contributed by atoms with Gasteiger partial charge in [0, 0.05) is 11.8 Å². The van der Waals surface area contributed by atoms with Crippen molar-refractivity contribution in [2.75, 3.05) is 19.5 Å². The molecule has 0 aromatic heterocycles. The van der Waals surface area contributed by atoms with Gasteiger partial charge in [-0.2, -0.15) is 5.26 Å². The van der Waals surface area contributed by atoms with E-state index in [9.17, 15) is 14.4 Å². The quantitative estimate of drug-likeness (QED) is 0.599. The largest absolute Gasteiger partial charge is 0.493 e. The molecule has 2 aromatic carbocycles. The van der Waals surface area contributed by atoms with Crippen LogP contribution in [0.25, 0.3) is 6.08 Å².